The highest BCUT2D eigenvalue weighted by molar-refractivity contribution is 5.90. The first-order chi connectivity index (χ1) is 11.6. The second-order valence-corrected chi connectivity index (χ2v) is 5.39. The number of carboxylic acids is 1. The van der Waals surface area contributed by atoms with Gasteiger partial charge in [-0.3, -0.25) is 9.59 Å². The molecule has 2 N–H and O–H groups in total. The lowest BCUT2D eigenvalue weighted by Gasteiger charge is -2.07. The van der Waals surface area contributed by atoms with Crippen molar-refractivity contribution in [1.82, 2.24) is 0 Å². The molecule has 0 radical (unpaired) electrons. The molecule has 2 rings (SSSR count). The maximum atomic E-state index is 12.0. The minimum absolute atomic E-state index is 0.0219. The molecular weight excluding hydrogens is 306 g/mol. The highest BCUT2D eigenvalue weighted by atomic mass is 16.5. The number of ether oxygens (including phenoxy) is 1. The number of amides is 1. The van der Waals surface area contributed by atoms with E-state index in [1.165, 1.54) is 0 Å². The number of aliphatic carboxylic acids is 1. The Kier molecular flexibility index (Phi) is 6.37. The van der Waals surface area contributed by atoms with Gasteiger partial charge in [-0.2, -0.15) is 0 Å². The third-order valence-electron chi connectivity index (χ3n) is 3.47. The van der Waals surface area contributed by atoms with Crippen LogP contribution in [-0.4, -0.2) is 23.6 Å². The van der Waals surface area contributed by atoms with Crippen LogP contribution in [0, 0.1) is 0 Å². The number of carbonyl (C=O) groups excluding carboxylic acids is 1. The summed E-state index contributed by atoms with van der Waals surface area (Å²) >= 11 is 0. The van der Waals surface area contributed by atoms with Crippen LogP contribution in [0.3, 0.4) is 0 Å². The van der Waals surface area contributed by atoms with Crippen molar-refractivity contribution in [2.24, 2.45) is 0 Å². The summed E-state index contributed by atoms with van der Waals surface area (Å²) in [4.78, 5) is 22.6. The van der Waals surface area contributed by atoms with Crippen molar-refractivity contribution in [1.29, 1.82) is 0 Å². The van der Waals surface area contributed by atoms with Crippen LogP contribution in [0.4, 0.5) is 5.69 Å². The van der Waals surface area contributed by atoms with Gasteiger partial charge in [-0.05, 0) is 48.7 Å². The van der Waals surface area contributed by atoms with E-state index in [0.29, 0.717) is 30.7 Å². The van der Waals surface area contributed by atoms with E-state index in [9.17, 15) is 9.59 Å². The van der Waals surface area contributed by atoms with E-state index in [0.717, 1.165) is 11.3 Å². The van der Waals surface area contributed by atoms with Gasteiger partial charge in [0.1, 0.15) is 5.75 Å². The summed E-state index contributed by atoms with van der Waals surface area (Å²) in [6.07, 6.45) is 1.01. The maximum Gasteiger partial charge on any atom is 0.307 e. The summed E-state index contributed by atoms with van der Waals surface area (Å²) in [7, 11) is 0. The molecule has 0 aromatic heterocycles. The Bertz CT molecular complexity index is 678. The molecule has 2 aromatic carbocycles. The standard InChI is InChI=1S/C19H21NO4/c1-2-24-17-10-5-14(6-11-17)7-12-18(21)20-16-8-3-15(4-9-16)13-19(22)23/h3-6,8-11H,2,7,12-13H2,1H3,(H,20,21)(H,22,23). The molecule has 5 nitrogen and oxygen atoms in total. The van der Waals surface area contributed by atoms with Crippen molar-refractivity contribution < 1.29 is 19.4 Å². The van der Waals surface area contributed by atoms with Gasteiger partial charge in [-0.1, -0.05) is 24.3 Å². The Balaban J connectivity index is 1.81. The third-order valence-corrected chi connectivity index (χ3v) is 3.47. The molecule has 0 fully saturated rings. The highest BCUT2D eigenvalue weighted by Crippen LogP contribution is 2.14. The predicted molar refractivity (Wildman–Crippen MR) is 92.3 cm³/mol. The summed E-state index contributed by atoms with van der Waals surface area (Å²) in [5, 5.41) is 11.5. The minimum Gasteiger partial charge on any atom is -0.494 e. The Hall–Kier alpha value is -2.82. The second-order valence-electron chi connectivity index (χ2n) is 5.39. The van der Waals surface area contributed by atoms with E-state index in [1.807, 2.05) is 31.2 Å². The summed E-state index contributed by atoms with van der Waals surface area (Å²) in [5.41, 5.74) is 2.45. The van der Waals surface area contributed by atoms with E-state index in [-0.39, 0.29) is 12.3 Å². The average Bonchev–Trinajstić information content (AvgIpc) is 2.56. The molecule has 0 saturated heterocycles. The summed E-state index contributed by atoms with van der Waals surface area (Å²) in [5.74, 6) is -0.121. The van der Waals surface area contributed by atoms with Crippen LogP contribution in [0.15, 0.2) is 48.5 Å². The fourth-order valence-corrected chi connectivity index (χ4v) is 2.28. The van der Waals surface area contributed by atoms with Crippen molar-refractivity contribution in [2.75, 3.05) is 11.9 Å². The molecule has 1 amide bonds. The molecule has 0 unspecified atom stereocenters. The number of anilines is 1. The van der Waals surface area contributed by atoms with Gasteiger partial charge in [0.05, 0.1) is 13.0 Å². The van der Waals surface area contributed by atoms with Crippen LogP contribution in [0.25, 0.3) is 0 Å². The molecule has 126 valence electrons. The highest BCUT2D eigenvalue weighted by Gasteiger charge is 2.05. The van der Waals surface area contributed by atoms with Crippen LogP contribution in [0.5, 0.6) is 5.75 Å². The molecule has 0 atom stereocenters. The smallest absolute Gasteiger partial charge is 0.307 e. The molecule has 0 aliphatic carbocycles. The monoisotopic (exact) mass is 327 g/mol. The third kappa shape index (κ3) is 5.76. The lowest BCUT2D eigenvalue weighted by atomic mass is 10.1. The van der Waals surface area contributed by atoms with Gasteiger partial charge in [0.2, 0.25) is 5.91 Å². The molecule has 2 aromatic rings. The van der Waals surface area contributed by atoms with E-state index in [4.69, 9.17) is 9.84 Å². The Labute approximate surface area is 141 Å². The number of aryl methyl sites for hydroxylation is 1. The molecular formula is C19H21NO4. The molecule has 0 aliphatic rings. The first-order valence-corrected chi connectivity index (χ1v) is 7.89. The zero-order valence-corrected chi connectivity index (χ0v) is 13.6. The zero-order chi connectivity index (χ0) is 17.4. The van der Waals surface area contributed by atoms with E-state index >= 15 is 0 Å². The maximum absolute atomic E-state index is 12.0. The Morgan fingerprint density at radius 3 is 2.21 bits per heavy atom. The van der Waals surface area contributed by atoms with Crippen LogP contribution < -0.4 is 10.1 Å². The first-order valence-electron chi connectivity index (χ1n) is 7.89. The van der Waals surface area contributed by atoms with Gasteiger partial charge in [0, 0.05) is 12.1 Å². The van der Waals surface area contributed by atoms with Crippen LogP contribution >= 0.6 is 0 Å². The lowest BCUT2D eigenvalue weighted by Crippen LogP contribution is -2.12. The average molecular weight is 327 g/mol. The number of hydrogen-bond acceptors (Lipinski definition) is 3. The molecule has 0 spiro atoms. The molecule has 0 saturated carbocycles. The van der Waals surface area contributed by atoms with Crippen LogP contribution in [0.1, 0.15) is 24.5 Å². The number of carboxylic acid groups (broad SMARTS) is 1. The Morgan fingerprint density at radius 2 is 1.62 bits per heavy atom. The molecule has 5 heteroatoms. The van der Waals surface area contributed by atoms with Crippen molar-refractivity contribution in [3.8, 4) is 5.75 Å². The van der Waals surface area contributed by atoms with Gasteiger partial charge in [0.25, 0.3) is 0 Å². The molecule has 0 aliphatic heterocycles. The fourth-order valence-electron chi connectivity index (χ4n) is 2.28. The number of carbonyl (C=O) groups is 2. The van der Waals surface area contributed by atoms with Gasteiger partial charge in [-0.15, -0.1) is 0 Å². The first kappa shape index (κ1) is 17.5. The number of nitrogens with one attached hydrogen (secondary N) is 1. The summed E-state index contributed by atoms with van der Waals surface area (Å²) < 4.78 is 5.38. The predicted octanol–water partition coefficient (Wildman–Crippen LogP) is 3.28. The van der Waals surface area contributed by atoms with E-state index in [1.54, 1.807) is 24.3 Å². The largest absolute Gasteiger partial charge is 0.494 e. The molecule has 24 heavy (non-hydrogen) atoms. The van der Waals surface area contributed by atoms with Crippen LogP contribution in [0.2, 0.25) is 0 Å². The minimum atomic E-state index is -0.873. The zero-order valence-electron chi connectivity index (χ0n) is 13.6. The van der Waals surface area contributed by atoms with Crippen LogP contribution in [-0.2, 0) is 22.4 Å². The van der Waals surface area contributed by atoms with Gasteiger partial charge in [-0.25, -0.2) is 0 Å². The van der Waals surface area contributed by atoms with Crippen molar-refractivity contribution in [3.05, 3.63) is 59.7 Å². The van der Waals surface area contributed by atoms with E-state index in [2.05, 4.69) is 5.32 Å². The van der Waals surface area contributed by atoms with Crippen molar-refractivity contribution >= 4 is 17.6 Å². The Morgan fingerprint density at radius 1 is 1.00 bits per heavy atom. The fraction of sp³-hybridized carbons (Fsp3) is 0.263. The van der Waals surface area contributed by atoms with Gasteiger partial charge in [0.15, 0.2) is 0 Å². The number of rotatable bonds is 8. The quantitative estimate of drug-likeness (QED) is 0.780. The molecule has 0 heterocycles. The normalized spacial score (nSPS) is 10.2. The number of hydrogen-bond donors (Lipinski definition) is 2. The molecule has 0 bridgehead atoms. The number of benzene rings is 2. The topological polar surface area (TPSA) is 75.6 Å². The second kappa shape index (κ2) is 8.72. The lowest BCUT2D eigenvalue weighted by molar-refractivity contribution is -0.136. The summed E-state index contributed by atoms with van der Waals surface area (Å²) in [6, 6.07) is 14.6. The van der Waals surface area contributed by atoms with Gasteiger partial charge >= 0.3 is 5.97 Å². The van der Waals surface area contributed by atoms with Crippen molar-refractivity contribution in [2.45, 2.75) is 26.2 Å². The SMILES string of the molecule is CCOc1ccc(CCC(=O)Nc2ccc(CC(=O)O)cc2)cc1. The van der Waals surface area contributed by atoms with Gasteiger partial charge < -0.3 is 15.2 Å². The van der Waals surface area contributed by atoms with Crippen molar-refractivity contribution in [3.63, 3.8) is 0 Å². The summed E-state index contributed by atoms with van der Waals surface area (Å²) in [6.45, 7) is 2.57. The van der Waals surface area contributed by atoms with E-state index < -0.39 is 5.97 Å².